The number of benzene rings is 2. The van der Waals surface area contributed by atoms with Crippen molar-refractivity contribution < 1.29 is 9.53 Å². The molecule has 1 aromatic heterocycles. The van der Waals surface area contributed by atoms with Crippen LogP contribution < -0.4 is 10.1 Å². The number of ether oxygens (including phenoxy) is 1. The van der Waals surface area contributed by atoms with Gasteiger partial charge in [0.1, 0.15) is 10.8 Å². The van der Waals surface area contributed by atoms with E-state index in [0.29, 0.717) is 11.8 Å². The van der Waals surface area contributed by atoms with Crippen molar-refractivity contribution in [1.29, 1.82) is 0 Å². The number of amides is 1. The molecule has 1 heterocycles. The van der Waals surface area contributed by atoms with E-state index < -0.39 is 0 Å². The first-order valence-electron chi connectivity index (χ1n) is 11.3. The Hall–Kier alpha value is -2.70. The Morgan fingerprint density at radius 2 is 2.06 bits per heavy atom. The first kappa shape index (κ1) is 21.2. The SMILES string of the molecule is CN(C)Cc1cc(-c2nc3ccccc3s2)ccc1OCC(=O)NC[C@@H]1C[C@H]2C=C[C@@H]1C2. The average molecular weight is 448 g/mol. The number of thiazole rings is 1. The van der Waals surface area contributed by atoms with Gasteiger partial charge in [-0.2, -0.15) is 0 Å². The van der Waals surface area contributed by atoms with E-state index in [9.17, 15) is 4.79 Å². The fourth-order valence-corrected chi connectivity index (χ4v) is 5.84. The van der Waals surface area contributed by atoms with Crippen LogP contribution in [0, 0.1) is 17.8 Å². The number of nitrogens with one attached hydrogen (secondary N) is 1. The van der Waals surface area contributed by atoms with Crippen molar-refractivity contribution in [1.82, 2.24) is 15.2 Å². The second kappa shape index (κ2) is 9.04. The van der Waals surface area contributed by atoms with E-state index in [1.165, 1.54) is 17.5 Å². The Bertz CT molecular complexity index is 1120. The van der Waals surface area contributed by atoms with Crippen LogP contribution >= 0.6 is 11.3 Å². The van der Waals surface area contributed by atoms with Crippen LogP contribution in [0.2, 0.25) is 0 Å². The van der Waals surface area contributed by atoms with Crippen molar-refractivity contribution in [2.75, 3.05) is 27.2 Å². The van der Waals surface area contributed by atoms with Crippen molar-refractivity contribution in [2.24, 2.45) is 17.8 Å². The molecule has 2 aliphatic carbocycles. The molecule has 2 bridgehead atoms. The van der Waals surface area contributed by atoms with Gasteiger partial charge in [-0.1, -0.05) is 24.3 Å². The summed E-state index contributed by atoms with van der Waals surface area (Å²) in [5.74, 6) is 2.64. The quantitative estimate of drug-likeness (QED) is 0.507. The molecule has 0 saturated heterocycles. The average Bonchev–Trinajstić information content (AvgIpc) is 3.51. The molecule has 32 heavy (non-hydrogen) atoms. The number of nitrogens with zero attached hydrogens (tertiary/aromatic N) is 2. The van der Waals surface area contributed by atoms with Gasteiger partial charge in [-0.3, -0.25) is 4.79 Å². The van der Waals surface area contributed by atoms with Gasteiger partial charge in [0, 0.05) is 24.2 Å². The normalized spacial score (nSPS) is 21.5. The highest BCUT2D eigenvalue weighted by molar-refractivity contribution is 7.21. The second-order valence-electron chi connectivity index (χ2n) is 9.18. The highest BCUT2D eigenvalue weighted by atomic mass is 32.1. The smallest absolute Gasteiger partial charge is 0.257 e. The highest BCUT2D eigenvalue weighted by Crippen LogP contribution is 2.43. The largest absolute Gasteiger partial charge is 0.483 e. The monoisotopic (exact) mass is 447 g/mol. The minimum atomic E-state index is -0.0530. The van der Waals surface area contributed by atoms with E-state index >= 15 is 0 Å². The molecular weight excluding hydrogens is 418 g/mol. The van der Waals surface area contributed by atoms with Crippen LogP contribution in [-0.2, 0) is 11.3 Å². The summed E-state index contributed by atoms with van der Waals surface area (Å²) < 4.78 is 7.14. The molecule has 0 aliphatic heterocycles. The highest BCUT2D eigenvalue weighted by Gasteiger charge is 2.35. The van der Waals surface area contributed by atoms with Crippen LogP contribution in [0.4, 0.5) is 0 Å². The lowest BCUT2D eigenvalue weighted by Gasteiger charge is -2.19. The fraction of sp³-hybridized carbons (Fsp3) is 0.385. The maximum atomic E-state index is 12.4. The van der Waals surface area contributed by atoms with E-state index in [2.05, 4.69) is 34.5 Å². The molecule has 1 fully saturated rings. The van der Waals surface area contributed by atoms with E-state index in [1.807, 2.05) is 44.4 Å². The van der Waals surface area contributed by atoms with E-state index in [-0.39, 0.29) is 12.5 Å². The van der Waals surface area contributed by atoms with Crippen molar-refractivity contribution in [2.45, 2.75) is 19.4 Å². The Morgan fingerprint density at radius 3 is 2.81 bits per heavy atom. The molecule has 5 nitrogen and oxygen atoms in total. The predicted molar refractivity (Wildman–Crippen MR) is 130 cm³/mol. The van der Waals surface area contributed by atoms with Gasteiger partial charge >= 0.3 is 0 Å². The first-order chi connectivity index (χ1) is 15.5. The Balaban J connectivity index is 1.25. The molecule has 1 N–H and O–H groups in total. The molecule has 6 heteroatoms. The lowest BCUT2D eigenvalue weighted by molar-refractivity contribution is -0.123. The van der Waals surface area contributed by atoms with Gasteiger partial charge in [0.25, 0.3) is 5.91 Å². The lowest BCUT2D eigenvalue weighted by Crippen LogP contribution is -2.34. The van der Waals surface area contributed by atoms with Crippen molar-refractivity contribution >= 4 is 27.5 Å². The van der Waals surface area contributed by atoms with Crippen LogP contribution in [0.1, 0.15) is 18.4 Å². The van der Waals surface area contributed by atoms with E-state index in [0.717, 1.165) is 46.4 Å². The van der Waals surface area contributed by atoms with E-state index in [1.54, 1.807) is 11.3 Å². The Morgan fingerprint density at radius 1 is 1.19 bits per heavy atom. The van der Waals surface area contributed by atoms with Crippen LogP contribution in [-0.4, -0.2) is 43.0 Å². The molecular formula is C26H29N3O2S. The summed E-state index contributed by atoms with van der Waals surface area (Å²) in [6, 6.07) is 14.3. The third kappa shape index (κ3) is 4.57. The summed E-state index contributed by atoms with van der Waals surface area (Å²) in [6.45, 7) is 1.51. The van der Waals surface area contributed by atoms with Gasteiger partial charge in [0.2, 0.25) is 0 Å². The minimum absolute atomic E-state index is 0.0393. The van der Waals surface area contributed by atoms with Crippen LogP contribution in [0.25, 0.3) is 20.8 Å². The number of carbonyl (C=O) groups excluding carboxylic acids is 1. The van der Waals surface area contributed by atoms with Gasteiger partial charge in [-0.15, -0.1) is 11.3 Å². The van der Waals surface area contributed by atoms with Crippen LogP contribution in [0.15, 0.2) is 54.6 Å². The number of fused-ring (bicyclic) bond motifs is 3. The molecule has 5 rings (SSSR count). The molecule has 2 aliphatic rings. The zero-order valence-electron chi connectivity index (χ0n) is 18.6. The third-order valence-electron chi connectivity index (χ3n) is 6.42. The summed E-state index contributed by atoms with van der Waals surface area (Å²) in [4.78, 5) is 19.3. The number of allylic oxidation sites excluding steroid dienone is 2. The van der Waals surface area contributed by atoms with Gasteiger partial charge in [-0.25, -0.2) is 4.98 Å². The number of hydrogen-bond donors (Lipinski definition) is 1. The molecule has 2 aromatic carbocycles. The van der Waals surface area contributed by atoms with Crippen molar-refractivity contribution in [3.8, 4) is 16.3 Å². The Labute approximate surface area is 193 Å². The third-order valence-corrected chi connectivity index (χ3v) is 7.51. The number of hydrogen-bond acceptors (Lipinski definition) is 5. The molecule has 3 aromatic rings. The molecule has 0 spiro atoms. The maximum Gasteiger partial charge on any atom is 0.257 e. The zero-order chi connectivity index (χ0) is 22.1. The molecule has 166 valence electrons. The van der Waals surface area contributed by atoms with Crippen LogP contribution in [0.3, 0.4) is 0 Å². The minimum Gasteiger partial charge on any atom is -0.483 e. The number of rotatable bonds is 8. The lowest BCUT2D eigenvalue weighted by atomic mass is 9.94. The number of para-hydroxylation sites is 1. The summed E-state index contributed by atoms with van der Waals surface area (Å²) in [7, 11) is 4.06. The Kier molecular flexibility index (Phi) is 5.98. The van der Waals surface area contributed by atoms with Gasteiger partial charge in [-0.05, 0) is 75.0 Å². The molecule has 1 amide bonds. The topological polar surface area (TPSA) is 54.5 Å². The summed E-state index contributed by atoms with van der Waals surface area (Å²) >= 11 is 1.69. The maximum absolute atomic E-state index is 12.4. The zero-order valence-corrected chi connectivity index (χ0v) is 19.4. The first-order valence-corrected chi connectivity index (χ1v) is 12.1. The van der Waals surface area contributed by atoms with E-state index in [4.69, 9.17) is 9.72 Å². The predicted octanol–water partition coefficient (Wildman–Crippen LogP) is 4.73. The van der Waals surface area contributed by atoms with Crippen LogP contribution in [0.5, 0.6) is 5.75 Å². The molecule has 3 atom stereocenters. The van der Waals surface area contributed by atoms with Gasteiger partial charge in [0.15, 0.2) is 6.61 Å². The number of aromatic nitrogens is 1. The van der Waals surface area contributed by atoms with Gasteiger partial charge in [0.05, 0.1) is 10.2 Å². The number of carbonyl (C=O) groups is 1. The summed E-state index contributed by atoms with van der Waals surface area (Å²) in [6.07, 6.45) is 7.10. The molecule has 0 unspecified atom stereocenters. The standard InChI is InChI=1S/C26H29N3O2S/c1-29(2)15-21-13-19(26-28-22-5-3-4-6-24(22)32-26)9-10-23(21)31-16-25(30)27-14-20-12-17-7-8-18(20)11-17/h3-10,13,17-18,20H,11-12,14-16H2,1-2H3,(H,27,30)/t17-,18+,20-/m0/s1. The second-order valence-corrected chi connectivity index (χ2v) is 10.2. The summed E-state index contributed by atoms with van der Waals surface area (Å²) in [5.41, 5.74) is 3.15. The molecule has 1 saturated carbocycles. The summed E-state index contributed by atoms with van der Waals surface area (Å²) in [5, 5.41) is 4.07. The van der Waals surface area contributed by atoms with Gasteiger partial charge < -0.3 is 15.0 Å². The fourth-order valence-electron chi connectivity index (χ4n) is 4.88. The van der Waals surface area contributed by atoms with Crippen molar-refractivity contribution in [3.63, 3.8) is 0 Å². The van der Waals surface area contributed by atoms with Crippen molar-refractivity contribution in [3.05, 3.63) is 60.2 Å². The molecule has 0 radical (unpaired) electrons.